The molecule has 5 heteroatoms. The van der Waals surface area contributed by atoms with Crippen molar-refractivity contribution in [2.45, 2.75) is 13.3 Å². The second-order valence-electron chi connectivity index (χ2n) is 3.97. The monoisotopic (exact) mass is 244 g/mol. The van der Waals surface area contributed by atoms with E-state index in [0.29, 0.717) is 5.69 Å². The van der Waals surface area contributed by atoms with Crippen LogP contribution in [0.1, 0.15) is 12.6 Å². The van der Waals surface area contributed by atoms with Crippen LogP contribution < -0.4 is 5.43 Å². The number of rotatable bonds is 3. The summed E-state index contributed by atoms with van der Waals surface area (Å²) in [6.45, 7) is 1.41. The fourth-order valence-electron chi connectivity index (χ4n) is 1.58. The molecule has 0 fully saturated rings. The van der Waals surface area contributed by atoms with Gasteiger partial charge in [-0.1, -0.05) is 6.07 Å². The molecule has 0 aliphatic carbocycles. The van der Waals surface area contributed by atoms with E-state index in [2.05, 4.69) is 5.10 Å². The Morgan fingerprint density at radius 1 is 1.39 bits per heavy atom. The minimum Gasteiger partial charge on any atom is -0.508 e. The molecule has 0 saturated heterocycles. The Bertz CT molecular complexity index is 647. The van der Waals surface area contributed by atoms with Crippen molar-refractivity contribution in [2.24, 2.45) is 0 Å². The van der Waals surface area contributed by atoms with E-state index in [9.17, 15) is 14.7 Å². The van der Waals surface area contributed by atoms with E-state index in [1.165, 1.54) is 29.9 Å². The standard InChI is InChI=1S/C13H12N2O3/c1-9(16)7-12-13(18)5-6-15(14-12)10-3-2-4-11(17)8-10/h2-6,8,17H,7H2,1H3. The van der Waals surface area contributed by atoms with Gasteiger partial charge < -0.3 is 5.11 Å². The minimum atomic E-state index is -0.262. The van der Waals surface area contributed by atoms with E-state index in [-0.39, 0.29) is 29.1 Å². The zero-order valence-corrected chi connectivity index (χ0v) is 9.83. The van der Waals surface area contributed by atoms with Crippen LogP contribution in [-0.2, 0) is 11.2 Å². The van der Waals surface area contributed by atoms with Crippen molar-refractivity contribution in [3.8, 4) is 11.4 Å². The van der Waals surface area contributed by atoms with Crippen molar-refractivity contribution in [1.29, 1.82) is 0 Å². The highest BCUT2D eigenvalue weighted by molar-refractivity contribution is 5.77. The Balaban J connectivity index is 2.47. The highest BCUT2D eigenvalue weighted by Gasteiger charge is 2.06. The van der Waals surface area contributed by atoms with Gasteiger partial charge >= 0.3 is 0 Å². The first kappa shape index (κ1) is 12.0. The van der Waals surface area contributed by atoms with Crippen LogP contribution in [0.3, 0.4) is 0 Å². The molecule has 0 bridgehead atoms. The Morgan fingerprint density at radius 2 is 2.17 bits per heavy atom. The molecule has 0 aliphatic rings. The van der Waals surface area contributed by atoms with Crippen molar-refractivity contribution in [3.63, 3.8) is 0 Å². The second-order valence-corrected chi connectivity index (χ2v) is 3.97. The summed E-state index contributed by atoms with van der Waals surface area (Å²) in [6.07, 6.45) is 1.51. The highest BCUT2D eigenvalue weighted by Crippen LogP contribution is 2.13. The molecule has 0 radical (unpaired) electrons. The first-order chi connectivity index (χ1) is 8.56. The zero-order valence-electron chi connectivity index (χ0n) is 9.83. The number of aromatic nitrogens is 2. The first-order valence-corrected chi connectivity index (χ1v) is 5.44. The summed E-state index contributed by atoms with van der Waals surface area (Å²) in [5.74, 6) is -0.00521. The lowest BCUT2D eigenvalue weighted by Gasteiger charge is -2.06. The van der Waals surface area contributed by atoms with Gasteiger partial charge in [-0.15, -0.1) is 0 Å². The molecule has 92 valence electrons. The first-order valence-electron chi connectivity index (χ1n) is 5.44. The predicted molar refractivity (Wildman–Crippen MR) is 65.9 cm³/mol. The molecule has 0 unspecified atom stereocenters. The Hall–Kier alpha value is -2.43. The number of hydrogen-bond acceptors (Lipinski definition) is 4. The third-order valence-electron chi connectivity index (χ3n) is 2.39. The van der Waals surface area contributed by atoms with Crippen LogP contribution in [0.2, 0.25) is 0 Å². The molecule has 0 spiro atoms. The van der Waals surface area contributed by atoms with Gasteiger partial charge in [-0.3, -0.25) is 9.59 Å². The third kappa shape index (κ3) is 2.63. The molecule has 0 amide bonds. The Labute approximate surface area is 103 Å². The molecule has 5 nitrogen and oxygen atoms in total. The molecular formula is C13H12N2O3. The van der Waals surface area contributed by atoms with Gasteiger partial charge in [0.1, 0.15) is 17.2 Å². The van der Waals surface area contributed by atoms with Crippen LogP contribution >= 0.6 is 0 Å². The fourth-order valence-corrected chi connectivity index (χ4v) is 1.58. The van der Waals surface area contributed by atoms with Gasteiger partial charge in [-0.25, -0.2) is 4.68 Å². The SMILES string of the molecule is CC(=O)Cc1nn(-c2cccc(O)c2)ccc1=O. The summed E-state index contributed by atoms with van der Waals surface area (Å²) >= 11 is 0. The lowest BCUT2D eigenvalue weighted by Crippen LogP contribution is -2.18. The van der Waals surface area contributed by atoms with Crippen molar-refractivity contribution in [3.05, 3.63) is 52.4 Å². The predicted octanol–water partition coefficient (Wildman–Crippen LogP) is 1.07. The maximum atomic E-state index is 11.5. The van der Waals surface area contributed by atoms with Gasteiger partial charge in [-0.2, -0.15) is 5.10 Å². The molecule has 0 atom stereocenters. The molecule has 1 aromatic carbocycles. The lowest BCUT2D eigenvalue weighted by atomic mass is 10.2. The van der Waals surface area contributed by atoms with E-state index in [0.717, 1.165) is 0 Å². The molecule has 18 heavy (non-hydrogen) atoms. The van der Waals surface area contributed by atoms with Gasteiger partial charge in [0.05, 0.1) is 12.1 Å². The van der Waals surface area contributed by atoms with Crippen LogP contribution in [0, 0.1) is 0 Å². The van der Waals surface area contributed by atoms with Gasteiger partial charge in [0.15, 0.2) is 0 Å². The fraction of sp³-hybridized carbons (Fsp3) is 0.154. The largest absolute Gasteiger partial charge is 0.508 e. The summed E-state index contributed by atoms with van der Waals surface area (Å²) in [4.78, 5) is 22.6. The van der Waals surface area contributed by atoms with Crippen molar-refractivity contribution in [2.75, 3.05) is 0 Å². The van der Waals surface area contributed by atoms with Crippen LogP contribution in [0.5, 0.6) is 5.75 Å². The van der Waals surface area contributed by atoms with E-state index in [1.54, 1.807) is 18.2 Å². The average Bonchev–Trinajstić information content (AvgIpc) is 2.31. The number of carbonyl (C=O) groups excluding carboxylic acids is 1. The number of phenols is 1. The molecule has 1 N–H and O–H groups in total. The van der Waals surface area contributed by atoms with Crippen LogP contribution in [0.15, 0.2) is 41.3 Å². The van der Waals surface area contributed by atoms with E-state index >= 15 is 0 Å². The molecule has 1 aromatic heterocycles. The van der Waals surface area contributed by atoms with Crippen molar-refractivity contribution in [1.82, 2.24) is 9.78 Å². The van der Waals surface area contributed by atoms with Gasteiger partial charge in [-0.05, 0) is 19.1 Å². The number of aromatic hydroxyl groups is 1. The van der Waals surface area contributed by atoms with Crippen LogP contribution in [-0.4, -0.2) is 20.7 Å². The second kappa shape index (κ2) is 4.83. The van der Waals surface area contributed by atoms with Crippen molar-refractivity contribution >= 4 is 5.78 Å². The number of nitrogens with zero attached hydrogens (tertiary/aromatic N) is 2. The maximum absolute atomic E-state index is 11.5. The number of carbonyl (C=O) groups is 1. The maximum Gasteiger partial charge on any atom is 0.203 e. The van der Waals surface area contributed by atoms with Gasteiger partial charge in [0, 0.05) is 18.3 Å². The zero-order chi connectivity index (χ0) is 13.1. The van der Waals surface area contributed by atoms with Crippen LogP contribution in [0.4, 0.5) is 0 Å². The minimum absolute atomic E-state index is 0.0124. The Kier molecular flexibility index (Phi) is 3.23. The summed E-state index contributed by atoms with van der Waals surface area (Å²) in [6, 6.07) is 7.84. The lowest BCUT2D eigenvalue weighted by molar-refractivity contribution is -0.116. The summed E-state index contributed by atoms with van der Waals surface area (Å²) in [7, 11) is 0. The normalized spacial score (nSPS) is 10.3. The molecule has 1 heterocycles. The molecule has 0 aliphatic heterocycles. The van der Waals surface area contributed by atoms with Gasteiger partial charge in [0.25, 0.3) is 0 Å². The summed E-state index contributed by atoms with van der Waals surface area (Å²) in [5, 5.41) is 13.5. The van der Waals surface area contributed by atoms with E-state index in [4.69, 9.17) is 0 Å². The smallest absolute Gasteiger partial charge is 0.203 e. The quantitative estimate of drug-likeness (QED) is 0.876. The third-order valence-corrected chi connectivity index (χ3v) is 2.39. The number of Topliss-reactive ketones (excluding diaryl/α,β-unsaturated/α-hetero) is 1. The van der Waals surface area contributed by atoms with E-state index < -0.39 is 0 Å². The molecular weight excluding hydrogens is 232 g/mol. The summed E-state index contributed by atoms with van der Waals surface area (Å²) < 4.78 is 1.46. The van der Waals surface area contributed by atoms with E-state index in [1.807, 2.05) is 0 Å². The molecule has 2 rings (SSSR count). The average molecular weight is 244 g/mol. The van der Waals surface area contributed by atoms with Crippen molar-refractivity contribution < 1.29 is 9.90 Å². The number of ketones is 1. The highest BCUT2D eigenvalue weighted by atomic mass is 16.3. The van der Waals surface area contributed by atoms with Gasteiger partial charge in [0.2, 0.25) is 5.43 Å². The number of phenolic OH excluding ortho intramolecular Hbond substituents is 1. The Morgan fingerprint density at radius 3 is 2.83 bits per heavy atom. The number of benzene rings is 1. The topological polar surface area (TPSA) is 72.2 Å². The van der Waals surface area contributed by atoms with Crippen LogP contribution in [0.25, 0.3) is 5.69 Å². The molecule has 0 saturated carbocycles. The summed E-state index contributed by atoms with van der Waals surface area (Å²) in [5.41, 5.74) is 0.565. The number of hydrogen-bond donors (Lipinski definition) is 1. The molecule has 2 aromatic rings.